The Labute approximate surface area is 166 Å². The number of ether oxygens (including phenoxy) is 1. The fourth-order valence-electron chi connectivity index (χ4n) is 4.19. The second kappa shape index (κ2) is 7.65. The van der Waals surface area contributed by atoms with Gasteiger partial charge in [-0.15, -0.1) is 0 Å². The number of rotatable bonds is 4. The van der Waals surface area contributed by atoms with Gasteiger partial charge in [-0.25, -0.2) is 4.79 Å². The fraction of sp³-hybridized carbons (Fsp3) is 0.450. The van der Waals surface area contributed by atoms with E-state index in [0.29, 0.717) is 17.9 Å². The van der Waals surface area contributed by atoms with Gasteiger partial charge >= 0.3 is 5.69 Å². The van der Waals surface area contributed by atoms with Crippen molar-refractivity contribution in [2.75, 3.05) is 7.11 Å². The van der Waals surface area contributed by atoms with Gasteiger partial charge < -0.3 is 20.4 Å². The average molecular weight is 400 g/mol. The molecule has 1 saturated carbocycles. The third-order valence-corrected chi connectivity index (χ3v) is 5.70. The lowest BCUT2D eigenvalue weighted by Gasteiger charge is -2.25. The van der Waals surface area contributed by atoms with E-state index in [4.69, 9.17) is 4.74 Å². The maximum atomic E-state index is 12.5. The van der Waals surface area contributed by atoms with Crippen LogP contribution in [-0.2, 0) is 0 Å². The van der Waals surface area contributed by atoms with Crippen LogP contribution in [0.15, 0.2) is 32.9 Å². The van der Waals surface area contributed by atoms with Crippen molar-refractivity contribution in [1.29, 1.82) is 0 Å². The first-order chi connectivity index (χ1) is 14.0. The van der Waals surface area contributed by atoms with Crippen molar-refractivity contribution < 1.29 is 14.9 Å². The van der Waals surface area contributed by atoms with Crippen molar-refractivity contribution in [1.82, 2.24) is 15.0 Å². The number of aromatic nitrogens is 2. The van der Waals surface area contributed by atoms with Crippen LogP contribution < -0.4 is 21.4 Å². The minimum Gasteiger partial charge on any atom is -0.504 e. The monoisotopic (exact) mass is 400 g/mol. The van der Waals surface area contributed by atoms with Crippen LogP contribution in [0.3, 0.4) is 0 Å². The summed E-state index contributed by atoms with van der Waals surface area (Å²) in [6.45, 7) is 0. The molecule has 1 fully saturated rings. The summed E-state index contributed by atoms with van der Waals surface area (Å²) in [6, 6.07) is 4.61. The van der Waals surface area contributed by atoms with Gasteiger partial charge in [-0.1, -0.05) is 25.3 Å². The third kappa shape index (κ3) is 3.48. The molecule has 1 atom stereocenters. The van der Waals surface area contributed by atoms with Crippen LogP contribution in [0.4, 0.5) is 0 Å². The first kappa shape index (κ1) is 19.1. The quantitative estimate of drug-likeness (QED) is 0.620. The van der Waals surface area contributed by atoms with Crippen molar-refractivity contribution in [3.63, 3.8) is 0 Å². The highest BCUT2D eigenvalue weighted by molar-refractivity contribution is 6.03. The summed E-state index contributed by atoms with van der Waals surface area (Å²) < 4.78 is 6.35. The van der Waals surface area contributed by atoms with Crippen LogP contribution >= 0.6 is 0 Å². The van der Waals surface area contributed by atoms with Gasteiger partial charge in [0.05, 0.1) is 18.9 Å². The molecular formula is C20H24N4O5. The van der Waals surface area contributed by atoms with Crippen molar-refractivity contribution in [3.8, 4) is 17.4 Å². The van der Waals surface area contributed by atoms with Gasteiger partial charge in [0.15, 0.2) is 11.5 Å². The van der Waals surface area contributed by atoms with Gasteiger partial charge in [0.25, 0.3) is 5.56 Å². The lowest BCUT2D eigenvalue weighted by atomic mass is 9.95. The number of hydrazone groups is 1. The van der Waals surface area contributed by atoms with Crippen LogP contribution in [0, 0.1) is 0 Å². The normalized spacial score (nSPS) is 19.6. The molecule has 9 heteroatoms. The van der Waals surface area contributed by atoms with Gasteiger partial charge in [0.2, 0.25) is 5.88 Å². The zero-order chi connectivity index (χ0) is 20.5. The maximum absolute atomic E-state index is 12.5. The molecule has 0 spiro atoms. The number of phenolic OH excluding ortho intramolecular Hbond substituents is 1. The number of hydrogen-bond acceptors (Lipinski definition) is 7. The molecule has 0 bridgehead atoms. The fourth-order valence-corrected chi connectivity index (χ4v) is 4.19. The lowest BCUT2D eigenvalue weighted by molar-refractivity contribution is 0.298. The number of aromatic hydroxyl groups is 2. The molecule has 154 valence electrons. The minimum absolute atomic E-state index is 0.00629. The molecule has 0 radical (unpaired) electrons. The van der Waals surface area contributed by atoms with Crippen LogP contribution in [0.5, 0.6) is 17.4 Å². The van der Waals surface area contributed by atoms with Gasteiger partial charge in [0.1, 0.15) is 5.56 Å². The molecule has 1 aromatic heterocycles. The smallest absolute Gasteiger partial charge is 0.331 e. The van der Waals surface area contributed by atoms with Gasteiger partial charge in [0, 0.05) is 12.5 Å². The van der Waals surface area contributed by atoms with E-state index in [9.17, 15) is 19.8 Å². The van der Waals surface area contributed by atoms with E-state index in [0.717, 1.165) is 37.7 Å². The van der Waals surface area contributed by atoms with E-state index >= 15 is 0 Å². The minimum atomic E-state index is -0.654. The molecule has 1 aliphatic carbocycles. The Morgan fingerprint density at radius 2 is 1.93 bits per heavy atom. The highest BCUT2D eigenvalue weighted by atomic mass is 16.5. The summed E-state index contributed by atoms with van der Waals surface area (Å²) in [7, 11) is 1.47. The number of H-pyrrole nitrogens is 1. The predicted molar refractivity (Wildman–Crippen MR) is 107 cm³/mol. The van der Waals surface area contributed by atoms with E-state index < -0.39 is 11.2 Å². The van der Waals surface area contributed by atoms with Gasteiger partial charge in [-0.2, -0.15) is 5.10 Å². The molecule has 29 heavy (non-hydrogen) atoms. The number of phenols is 1. The molecular weight excluding hydrogens is 376 g/mol. The van der Waals surface area contributed by atoms with E-state index in [1.54, 1.807) is 18.2 Å². The first-order valence-corrected chi connectivity index (χ1v) is 9.76. The first-order valence-electron chi connectivity index (χ1n) is 9.76. The second-order valence-corrected chi connectivity index (χ2v) is 7.50. The van der Waals surface area contributed by atoms with Crippen LogP contribution in [-0.4, -0.2) is 32.6 Å². The summed E-state index contributed by atoms with van der Waals surface area (Å²) >= 11 is 0. The molecule has 0 saturated heterocycles. The Hall–Kier alpha value is -3.23. The van der Waals surface area contributed by atoms with E-state index in [2.05, 4.69) is 15.5 Å². The Kier molecular flexibility index (Phi) is 5.04. The Morgan fingerprint density at radius 3 is 2.62 bits per heavy atom. The largest absolute Gasteiger partial charge is 0.504 e. The molecule has 0 unspecified atom stereocenters. The van der Waals surface area contributed by atoms with Gasteiger partial charge in [-0.3, -0.25) is 14.3 Å². The molecule has 1 aromatic carbocycles. The lowest BCUT2D eigenvalue weighted by Crippen LogP contribution is -2.36. The van der Waals surface area contributed by atoms with Crippen LogP contribution in [0.1, 0.15) is 61.7 Å². The highest BCUT2D eigenvalue weighted by Crippen LogP contribution is 2.34. The molecule has 4 N–H and O–H groups in total. The third-order valence-electron chi connectivity index (χ3n) is 5.70. The summed E-state index contributed by atoms with van der Waals surface area (Å²) in [4.78, 5) is 27.2. The number of nitrogens with zero attached hydrogens (tertiary/aromatic N) is 2. The summed E-state index contributed by atoms with van der Waals surface area (Å²) in [5, 5.41) is 25.1. The molecule has 2 aliphatic rings. The topological polar surface area (TPSA) is 129 Å². The standard InChI is InChI=1S/C20H24N4O5/c1-29-16-8-7-11(9-15(16)25)13-10-14(23-22-13)17-18(26)21-20(28)24(19(17)27)12-5-3-2-4-6-12/h7-9,12-13,22,25,27H,2-6,10H2,1H3,(H,21,26,28)/t13-/m0/s1. The SMILES string of the molecule is COc1ccc([C@@H]2CC(c3c(O)n(C4CCCCC4)c(=O)[nH]c3=O)=NN2)cc1O. The van der Waals surface area contributed by atoms with Crippen LogP contribution in [0.2, 0.25) is 0 Å². The summed E-state index contributed by atoms with van der Waals surface area (Å²) in [5.41, 5.74) is 2.84. The number of aromatic amines is 1. The zero-order valence-corrected chi connectivity index (χ0v) is 16.1. The molecule has 1 aliphatic heterocycles. The number of hydrogen-bond donors (Lipinski definition) is 4. The Bertz CT molecular complexity index is 1070. The number of methoxy groups -OCH3 is 1. The van der Waals surface area contributed by atoms with Crippen molar-refractivity contribution in [3.05, 3.63) is 50.2 Å². The highest BCUT2D eigenvalue weighted by Gasteiger charge is 2.29. The van der Waals surface area contributed by atoms with Gasteiger partial charge in [-0.05, 0) is 30.5 Å². The van der Waals surface area contributed by atoms with E-state index in [1.807, 2.05) is 0 Å². The second-order valence-electron chi connectivity index (χ2n) is 7.50. The number of nitrogens with one attached hydrogen (secondary N) is 2. The number of benzene rings is 1. The predicted octanol–water partition coefficient (Wildman–Crippen LogP) is 1.90. The molecule has 0 amide bonds. The summed E-state index contributed by atoms with van der Waals surface area (Å²) in [5.74, 6) is 0.0396. The van der Waals surface area contributed by atoms with Crippen LogP contribution in [0.25, 0.3) is 0 Å². The molecule has 4 rings (SSSR count). The molecule has 2 heterocycles. The summed E-state index contributed by atoms with van der Waals surface area (Å²) in [6.07, 6.45) is 4.97. The maximum Gasteiger partial charge on any atom is 0.331 e. The van der Waals surface area contributed by atoms with Crippen molar-refractivity contribution in [2.24, 2.45) is 5.10 Å². The Morgan fingerprint density at radius 1 is 1.17 bits per heavy atom. The molecule has 2 aromatic rings. The zero-order valence-electron chi connectivity index (χ0n) is 16.1. The van der Waals surface area contributed by atoms with Crippen molar-refractivity contribution >= 4 is 5.71 Å². The van der Waals surface area contributed by atoms with E-state index in [-0.39, 0.29) is 29.3 Å². The average Bonchev–Trinajstić information content (AvgIpc) is 3.18. The molecule has 9 nitrogen and oxygen atoms in total. The Balaban J connectivity index is 1.65. The van der Waals surface area contributed by atoms with Crippen molar-refractivity contribution in [2.45, 2.75) is 50.6 Å². The van der Waals surface area contributed by atoms with E-state index in [1.165, 1.54) is 11.7 Å².